The van der Waals surface area contributed by atoms with Crippen molar-refractivity contribution >= 4 is 17.6 Å². The van der Waals surface area contributed by atoms with Crippen molar-refractivity contribution in [2.24, 2.45) is 0 Å². The Morgan fingerprint density at radius 2 is 1.46 bits per heavy atom. The van der Waals surface area contributed by atoms with E-state index in [-0.39, 0.29) is 29.6 Å². The monoisotopic (exact) mass is 373 g/mol. The second-order valence-corrected chi connectivity index (χ2v) is 6.23. The van der Waals surface area contributed by atoms with Crippen LogP contribution in [0.15, 0.2) is 72.8 Å². The van der Waals surface area contributed by atoms with Gasteiger partial charge in [-0.2, -0.15) is 0 Å². The summed E-state index contributed by atoms with van der Waals surface area (Å²) in [6.45, 7) is -0.294. The smallest absolute Gasteiger partial charge is 0.264 e. The molecule has 0 atom stereocenters. The van der Waals surface area contributed by atoms with Crippen LogP contribution >= 0.6 is 0 Å². The van der Waals surface area contributed by atoms with E-state index in [4.69, 9.17) is 4.74 Å². The van der Waals surface area contributed by atoms with E-state index in [0.717, 1.165) is 4.90 Å². The molecule has 0 fully saturated rings. The highest BCUT2D eigenvalue weighted by atomic mass is 16.5. The molecule has 6 heteroatoms. The highest BCUT2D eigenvalue weighted by molar-refractivity contribution is 6.21. The fraction of sp³-hybridized carbons (Fsp3) is 0.0455. The van der Waals surface area contributed by atoms with E-state index in [0.29, 0.717) is 16.7 Å². The molecular formula is C22H15NO5. The van der Waals surface area contributed by atoms with Crippen LogP contribution in [0.1, 0.15) is 36.6 Å². The molecule has 0 spiro atoms. The van der Waals surface area contributed by atoms with Crippen molar-refractivity contribution in [2.75, 3.05) is 6.73 Å². The third-order valence-electron chi connectivity index (χ3n) is 4.49. The maximum atomic E-state index is 12.5. The standard InChI is InChI=1S/C22H15NO5/c24-19-12-15(10-11-18(19)20(25)14-6-2-1-3-7-14)28-13-23-21(26)16-8-4-5-9-17(16)22(23)27/h1-12,24H,13H2. The third kappa shape index (κ3) is 3.01. The summed E-state index contributed by atoms with van der Waals surface area (Å²) in [4.78, 5) is 38.1. The normalized spacial score (nSPS) is 12.8. The highest BCUT2D eigenvalue weighted by Gasteiger charge is 2.35. The molecule has 2 amide bonds. The summed E-state index contributed by atoms with van der Waals surface area (Å²) < 4.78 is 5.50. The van der Waals surface area contributed by atoms with Gasteiger partial charge in [-0.3, -0.25) is 14.4 Å². The van der Waals surface area contributed by atoms with Gasteiger partial charge in [-0.1, -0.05) is 42.5 Å². The van der Waals surface area contributed by atoms with Crippen LogP contribution in [0.4, 0.5) is 0 Å². The Morgan fingerprint density at radius 3 is 2.07 bits per heavy atom. The molecular weight excluding hydrogens is 358 g/mol. The lowest BCUT2D eigenvalue weighted by atomic mass is 10.0. The minimum Gasteiger partial charge on any atom is -0.507 e. The van der Waals surface area contributed by atoms with E-state index in [1.165, 1.54) is 18.2 Å². The minimum absolute atomic E-state index is 0.138. The fourth-order valence-corrected chi connectivity index (χ4v) is 3.03. The van der Waals surface area contributed by atoms with Crippen molar-refractivity contribution in [1.29, 1.82) is 0 Å². The van der Waals surface area contributed by atoms with Gasteiger partial charge in [-0.15, -0.1) is 0 Å². The molecule has 1 aliphatic rings. The van der Waals surface area contributed by atoms with Crippen LogP contribution in [0.3, 0.4) is 0 Å². The summed E-state index contributed by atoms with van der Waals surface area (Å²) in [7, 11) is 0. The number of hydrogen-bond acceptors (Lipinski definition) is 5. The number of amides is 2. The zero-order chi connectivity index (χ0) is 19.7. The number of phenolic OH excluding ortho intramolecular Hbond substituents is 1. The molecule has 3 aromatic carbocycles. The van der Waals surface area contributed by atoms with Gasteiger partial charge in [0.1, 0.15) is 11.5 Å². The number of rotatable bonds is 5. The minimum atomic E-state index is -0.430. The number of aromatic hydroxyl groups is 1. The maximum absolute atomic E-state index is 12.5. The molecule has 0 saturated heterocycles. The number of benzene rings is 3. The molecule has 3 aromatic rings. The first-order chi connectivity index (χ1) is 13.6. The molecule has 0 unspecified atom stereocenters. The summed E-state index contributed by atoms with van der Waals surface area (Å²) in [5.74, 6) is -1.18. The van der Waals surface area contributed by atoms with Crippen molar-refractivity contribution in [3.8, 4) is 11.5 Å². The summed E-state index contributed by atoms with van der Waals surface area (Å²) in [6, 6.07) is 19.4. The lowest BCUT2D eigenvalue weighted by Crippen LogP contribution is -2.33. The Hall–Kier alpha value is -3.93. The lowest BCUT2D eigenvalue weighted by Gasteiger charge is -2.15. The van der Waals surface area contributed by atoms with Gasteiger partial charge in [0.2, 0.25) is 0 Å². The number of hydrogen-bond donors (Lipinski definition) is 1. The van der Waals surface area contributed by atoms with E-state index in [2.05, 4.69) is 0 Å². The van der Waals surface area contributed by atoms with Gasteiger partial charge in [0, 0.05) is 11.6 Å². The number of carbonyl (C=O) groups is 3. The zero-order valence-electron chi connectivity index (χ0n) is 14.7. The number of fused-ring (bicyclic) bond motifs is 1. The first kappa shape index (κ1) is 17.5. The molecule has 28 heavy (non-hydrogen) atoms. The SMILES string of the molecule is O=C(c1ccccc1)c1ccc(OCN2C(=O)c3ccccc3C2=O)cc1O. The molecule has 0 saturated carbocycles. The Kier molecular flexibility index (Phi) is 4.37. The van der Waals surface area contributed by atoms with E-state index in [1.54, 1.807) is 54.6 Å². The topological polar surface area (TPSA) is 83.9 Å². The molecule has 0 radical (unpaired) electrons. The van der Waals surface area contributed by atoms with Crippen molar-refractivity contribution in [3.63, 3.8) is 0 Å². The second kappa shape index (κ2) is 7.00. The second-order valence-electron chi connectivity index (χ2n) is 6.23. The molecule has 0 bridgehead atoms. The van der Waals surface area contributed by atoms with Crippen molar-refractivity contribution in [2.45, 2.75) is 0 Å². The molecule has 1 N–H and O–H groups in total. The summed E-state index contributed by atoms with van der Waals surface area (Å²) >= 11 is 0. The van der Waals surface area contributed by atoms with Gasteiger partial charge >= 0.3 is 0 Å². The van der Waals surface area contributed by atoms with E-state index < -0.39 is 11.8 Å². The Labute approximate surface area is 160 Å². The molecule has 6 nitrogen and oxygen atoms in total. The van der Waals surface area contributed by atoms with Gasteiger partial charge in [-0.05, 0) is 24.3 Å². The van der Waals surface area contributed by atoms with Gasteiger partial charge in [0.25, 0.3) is 11.8 Å². The van der Waals surface area contributed by atoms with Crippen molar-refractivity contribution in [3.05, 3.63) is 95.1 Å². The van der Waals surface area contributed by atoms with Crippen LogP contribution in [0.5, 0.6) is 11.5 Å². The molecule has 4 rings (SSSR count). The van der Waals surface area contributed by atoms with Crippen molar-refractivity contribution in [1.82, 2.24) is 4.90 Å². The Balaban J connectivity index is 1.48. The predicted octanol–water partition coefficient (Wildman–Crippen LogP) is 3.26. The van der Waals surface area contributed by atoms with Crippen LogP contribution in [0.2, 0.25) is 0 Å². The average Bonchev–Trinajstić information content (AvgIpc) is 2.97. The van der Waals surface area contributed by atoms with Gasteiger partial charge in [0.15, 0.2) is 12.5 Å². The summed E-state index contributed by atoms with van der Waals surface area (Å²) in [5, 5.41) is 10.2. The molecule has 138 valence electrons. The molecule has 1 aliphatic heterocycles. The van der Waals surface area contributed by atoms with Crippen LogP contribution in [-0.4, -0.2) is 34.3 Å². The summed E-state index contributed by atoms with van der Waals surface area (Å²) in [5.41, 5.74) is 1.27. The van der Waals surface area contributed by atoms with Gasteiger partial charge < -0.3 is 9.84 Å². The molecule has 0 aliphatic carbocycles. The van der Waals surface area contributed by atoms with Gasteiger partial charge in [0.05, 0.1) is 16.7 Å². The highest BCUT2D eigenvalue weighted by Crippen LogP contribution is 2.27. The largest absolute Gasteiger partial charge is 0.507 e. The van der Waals surface area contributed by atoms with E-state index >= 15 is 0 Å². The number of ether oxygens (including phenoxy) is 1. The van der Waals surface area contributed by atoms with Gasteiger partial charge in [-0.25, -0.2) is 4.90 Å². The van der Waals surface area contributed by atoms with Crippen LogP contribution < -0.4 is 4.74 Å². The van der Waals surface area contributed by atoms with Crippen LogP contribution in [0.25, 0.3) is 0 Å². The van der Waals surface area contributed by atoms with Crippen LogP contribution in [-0.2, 0) is 0 Å². The number of ketones is 1. The van der Waals surface area contributed by atoms with Crippen molar-refractivity contribution < 1.29 is 24.2 Å². The maximum Gasteiger partial charge on any atom is 0.264 e. The van der Waals surface area contributed by atoms with E-state index in [1.807, 2.05) is 0 Å². The van der Waals surface area contributed by atoms with Crippen LogP contribution in [0, 0.1) is 0 Å². The third-order valence-corrected chi connectivity index (χ3v) is 4.49. The first-order valence-electron chi connectivity index (χ1n) is 8.57. The zero-order valence-corrected chi connectivity index (χ0v) is 14.7. The quantitative estimate of drug-likeness (QED) is 0.548. The molecule has 0 aromatic heterocycles. The number of imide groups is 1. The predicted molar refractivity (Wildman–Crippen MR) is 100 cm³/mol. The fourth-order valence-electron chi connectivity index (χ4n) is 3.03. The number of carbonyl (C=O) groups excluding carboxylic acids is 3. The number of nitrogens with zero attached hydrogens (tertiary/aromatic N) is 1. The Bertz CT molecular complexity index is 1060. The van der Waals surface area contributed by atoms with E-state index in [9.17, 15) is 19.5 Å². The first-order valence-corrected chi connectivity index (χ1v) is 8.57. The number of phenols is 1. The molecule has 1 heterocycles. The lowest BCUT2D eigenvalue weighted by molar-refractivity contribution is 0.0522. The average molecular weight is 373 g/mol. The Morgan fingerprint density at radius 1 is 0.857 bits per heavy atom. The summed E-state index contributed by atoms with van der Waals surface area (Å²) in [6.07, 6.45) is 0.